The molecule has 0 unspecified atom stereocenters. The molecule has 2 aliphatic heterocycles. The van der Waals surface area contributed by atoms with Gasteiger partial charge in [0.05, 0.1) is 28.4 Å². The highest BCUT2D eigenvalue weighted by atomic mass is 32.1. The summed E-state index contributed by atoms with van der Waals surface area (Å²) in [5, 5.41) is 12.0. The van der Waals surface area contributed by atoms with Crippen molar-refractivity contribution in [3.63, 3.8) is 0 Å². The van der Waals surface area contributed by atoms with Crippen LogP contribution in [0.5, 0.6) is 11.5 Å². The zero-order chi connectivity index (χ0) is 29.1. The van der Waals surface area contributed by atoms with Crippen LogP contribution in [0, 0.1) is 0 Å². The molecular formula is C33H32N2O5S. The Labute approximate surface area is 243 Å². The number of hydrogen-bond donors (Lipinski definition) is 1. The third-order valence-corrected chi connectivity index (χ3v) is 8.59. The van der Waals surface area contributed by atoms with E-state index in [9.17, 15) is 14.7 Å². The molecule has 4 aromatic rings. The lowest BCUT2D eigenvalue weighted by molar-refractivity contribution is -0.132. The molecule has 1 N–H and O–H groups in total. The Hall–Kier alpha value is -4.17. The lowest BCUT2D eigenvalue weighted by Crippen LogP contribution is -2.29. The van der Waals surface area contributed by atoms with E-state index in [2.05, 4.69) is 20.8 Å². The molecule has 1 saturated heterocycles. The number of ether oxygens (including phenoxy) is 2. The van der Waals surface area contributed by atoms with E-state index in [0.29, 0.717) is 40.6 Å². The van der Waals surface area contributed by atoms with Crippen LogP contribution in [0.15, 0.2) is 66.2 Å². The smallest absolute Gasteiger partial charge is 0.301 e. The number of benzene rings is 3. The van der Waals surface area contributed by atoms with Crippen molar-refractivity contribution in [3.05, 3.63) is 88.5 Å². The maximum Gasteiger partial charge on any atom is 0.301 e. The molecule has 2 aliphatic rings. The molecule has 8 heteroatoms. The Morgan fingerprint density at radius 3 is 2.56 bits per heavy atom. The summed E-state index contributed by atoms with van der Waals surface area (Å²) in [7, 11) is 0. The van der Waals surface area contributed by atoms with Gasteiger partial charge in [0.15, 0.2) is 5.13 Å². The average molecular weight is 569 g/mol. The number of rotatable bonds is 5. The van der Waals surface area contributed by atoms with Crippen molar-refractivity contribution >= 4 is 44.1 Å². The molecule has 0 radical (unpaired) electrons. The molecule has 2 atom stereocenters. The van der Waals surface area contributed by atoms with Gasteiger partial charge in [-0.05, 0) is 72.4 Å². The normalized spacial score (nSPS) is 20.0. The standard InChI is InChI=1S/C33H32N2O5S/c1-6-39-23-12-13-24-26(17-23)41-32(34-24)35-28(19-7-10-22(11-8-19)33(3,4)5)27(30(37)31(35)38)29(36)20-9-14-25-21(16-20)15-18(2)40-25/h7-14,16-18,28,36H,6,15H2,1-5H3/t18-,28+/m1/s1. The summed E-state index contributed by atoms with van der Waals surface area (Å²) in [4.78, 5) is 33.5. The summed E-state index contributed by atoms with van der Waals surface area (Å²) in [5.41, 5.74) is 3.93. The molecular weight excluding hydrogens is 536 g/mol. The maximum absolute atomic E-state index is 13.7. The molecule has 210 valence electrons. The lowest BCUT2D eigenvalue weighted by atomic mass is 9.85. The predicted molar refractivity (Wildman–Crippen MR) is 161 cm³/mol. The van der Waals surface area contributed by atoms with Gasteiger partial charge in [-0.3, -0.25) is 14.5 Å². The fraction of sp³-hybridized carbons (Fsp3) is 0.303. The van der Waals surface area contributed by atoms with Gasteiger partial charge in [0.2, 0.25) is 0 Å². The van der Waals surface area contributed by atoms with Crippen LogP contribution in [0.25, 0.3) is 16.0 Å². The zero-order valence-corrected chi connectivity index (χ0v) is 24.5. The molecule has 1 fully saturated rings. The molecule has 0 spiro atoms. The summed E-state index contributed by atoms with van der Waals surface area (Å²) in [6.45, 7) is 10.8. The van der Waals surface area contributed by atoms with Gasteiger partial charge in [-0.2, -0.15) is 0 Å². The van der Waals surface area contributed by atoms with Crippen molar-refractivity contribution in [1.29, 1.82) is 0 Å². The van der Waals surface area contributed by atoms with Crippen LogP contribution >= 0.6 is 11.3 Å². The van der Waals surface area contributed by atoms with E-state index in [1.807, 2.05) is 62.4 Å². The van der Waals surface area contributed by atoms with E-state index in [-0.39, 0.29) is 22.9 Å². The van der Waals surface area contributed by atoms with Crippen LogP contribution < -0.4 is 14.4 Å². The number of aliphatic hydroxyl groups is 1. The quantitative estimate of drug-likeness (QED) is 0.159. The van der Waals surface area contributed by atoms with Gasteiger partial charge < -0.3 is 14.6 Å². The van der Waals surface area contributed by atoms with Crippen molar-refractivity contribution in [2.45, 2.75) is 58.6 Å². The molecule has 41 heavy (non-hydrogen) atoms. The molecule has 0 bridgehead atoms. The van der Waals surface area contributed by atoms with Crippen LogP contribution in [-0.2, 0) is 21.4 Å². The largest absolute Gasteiger partial charge is 0.507 e. The Morgan fingerprint density at radius 2 is 1.85 bits per heavy atom. The number of nitrogens with zero attached hydrogens (tertiary/aromatic N) is 2. The third kappa shape index (κ3) is 4.76. The number of amides is 1. The molecule has 1 amide bonds. The fourth-order valence-corrected chi connectivity index (χ4v) is 6.51. The molecule has 0 saturated carbocycles. The number of anilines is 1. The minimum absolute atomic E-state index is 0.0385. The van der Waals surface area contributed by atoms with Crippen molar-refractivity contribution in [3.8, 4) is 11.5 Å². The van der Waals surface area contributed by atoms with Gasteiger partial charge in [0.25, 0.3) is 5.78 Å². The number of carbonyl (C=O) groups is 2. The second-order valence-corrected chi connectivity index (χ2v) is 12.6. The average Bonchev–Trinajstić information content (AvgIpc) is 3.60. The number of Topliss-reactive ketones (excluding diaryl/α,β-unsaturated/α-hetero) is 1. The summed E-state index contributed by atoms with van der Waals surface area (Å²) in [5.74, 6) is -0.200. The second kappa shape index (κ2) is 10.0. The molecule has 0 aliphatic carbocycles. The van der Waals surface area contributed by atoms with E-state index in [0.717, 1.165) is 21.6 Å². The molecule has 6 rings (SSSR count). The number of thiazole rings is 1. The van der Waals surface area contributed by atoms with Crippen LogP contribution in [0.1, 0.15) is 62.9 Å². The van der Waals surface area contributed by atoms with E-state index >= 15 is 0 Å². The Kier molecular flexibility index (Phi) is 6.61. The number of hydrogen-bond acceptors (Lipinski definition) is 7. The Bertz CT molecular complexity index is 1710. The summed E-state index contributed by atoms with van der Waals surface area (Å²) >= 11 is 1.31. The Morgan fingerprint density at radius 1 is 1.10 bits per heavy atom. The first kappa shape index (κ1) is 27.0. The first-order valence-electron chi connectivity index (χ1n) is 13.8. The van der Waals surface area contributed by atoms with Crippen molar-refractivity contribution < 1.29 is 24.2 Å². The van der Waals surface area contributed by atoms with Gasteiger partial charge in [-0.15, -0.1) is 0 Å². The van der Waals surface area contributed by atoms with Gasteiger partial charge >= 0.3 is 5.91 Å². The minimum atomic E-state index is -0.848. The van der Waals surface area contributed by atoms with Gasteiger partial charge in [0.1, 0.15) is 23.4 Å². The predicted octanol–water partition coefficient (Wildman–Crippen LogP) is 6.94. The Balaban J connectivity index is 1.51. The van der Waals surface area contributed by atoms with E-state index in [4.69, 9.17) is 14.5 Å². The lowest BCUT2D eigenvalue weighted by Gasteiger charge is -2.24. The maximum atomic E-state index is 13.7. The van der Waals surface area contributed by atoms with Crippen LogP contribution in [0.3, 0.4) is 0 Å². The van der Waals surface area contributed by atoms with E-state index in [1.54, 1.807) is 12.1 Å². The van der Waals surface area contributed by atoms with Crippen molar-refractivity contribution in [1.82, 2.24) is 4.98 Å². The van der Waals surface area contributed by atoms with Crippen molar-refractivity contribution in [2.75, 3.05) is 11.5 Å². The zero-order valence-electron chi connectivity index (χ0n) is 23.7. The fourth-order valence-electron chi connectivity index (χ4n) is 5.49. The van der Waals surface area contributed by atoms with Crippen molar-refractivity contribution in [2.24, 2.45) is 0 Å². The highest BCUT2D eigenvalue weighted by Gasteiger charge is 2.48. The third-order valence-electron chi connectivity index (χ3n) is 7.57. The van der Waals surface area contributed by atoms with Crippen LogP contribution in [-0.4, -0.2) is 34.5 Å². The monoisotopic (exact) mass is 568 g/mol. The summed E-state index contributed by atoms with van der Waals surface area (Å²) < 4.78 is 12.3. The number of ketones is 1. The molecule has 3 aromatic carbocycles. The van der Waals surface area contributed by atoms with Gasteiger partial charge in [-0.25, -0.2) is 4.98 Å². The van der Waals surface area contributed by atoms with E-state index < -0.39 is 17.7 Å². The number of aliphatic hydroxyl groups excluding tert-OH is 1. The number of aromatic nitrogens is 1. The number of carbonyl (C=O) groups excluding carboxylic acids is 2. The van der Waals surface area contributed by atoms with Crippen LogP contribution in [0.2, 0.25) is 0 Å². The van der Waals surface area contributed by atoms with Crippen LogP contribution in [0.4, 0.5) is 5.13 Å². The summed E-state index contributed by atoms with van der Waals surface area (Å²) in [6, 6.07) is 18.0. The first-order chi connectivity index (χ1) is 19.5. The topological polar surface area (TPSA) is 89.0 Å². The second-order valence-electron chi connectivity index (χ2n) is 11.6. The molecule has 7 nitrogen and oxygen atoms in total. The highest BCUT2D eigenvalue weighted by Crippen LogP contribution is 2.45. The highest BCUT2D eigenvalue weighted by molar-refractivity contribution is 7.22. The molecule has 3 heterocycles. The van der Waals surface area contributed by atoms with Gasteiger partial charge in [0, 0.05) is 12.0 Å². The van der Waals surface area contributed by atoms with Gasteiger partial charge in [-0.1, -0.05) is 56.4 Å². The summed E-state index contributed by atoms with van der Waals surface area (Å²) in [6.07, 6.45) is 0.745. The van der Waals surface area contributed by atoms with E-state index in [1.165, 1.54) is 16.2 Å². The molecule has 1 aromatic heterocycles. The number of fused-ring (bicyclic) bond motifs is 2. The minimum Gasteiger partial charge on any atom is -0.507 e. The first-order valence-corrected chi connectivity index (χ1v) is 14.6. The SMILES string of the molecule is CCOc1ccc2nc(N3C(=O)C(=O)C(=C(O)c4ccc5c(c4)C[C@@H](C)O5)[C@@H]3c3ccc(C(C)(C)C)cc3)sc2c1.